The number of nitro benzene ring substituents is 2. The molecule has 4 N–H and O–H groups in total. The molecule has 5 aromatic rings. The number of nitrogens with zero attached hydrogens (tertiary/aromatic N) is 6. The van der Waals surface area contributed by atoms with Gasteiger partial charge in [0.1, 0.15) is 22.9 Å². The van der Waals surface area contributed by atoms with Gasteiger partial charge in [0.05, 0.1) is 51.1 Å². The van der Waals surface area contributed by atoms with E-state index in [0.29, 0.717) is 23.5 Å². The molecule has 18 nitrogen and oxygen atoms in total. The first kappa shape index (κ1) is 46.5. The highest BCUT2D eigenvalue weighted by Gasteiger charge is 2.33. The smallest absolute Gasteiger partial charge is 0.480 e. The standard InChI is InChI=1S/C12H9F3N4O4.C12H11F3N4O2.C7H3F3INO3/c1-22-11-5-4-10(17-18-11)16-8-3-2-7(23-12(13,14)15)6-9(8)19(20)21;1-20-11-5-4-10(18-19-11)17-9-3-2-7(6-8(9)16)21-12(13,14)15;8-7(9,10)15-4-1-2-5(11)6(3-4)12(13)14/h2-6H,1H3,(H,16,17);2-6H,16H2,1H3,(H,17,18);1-3H. The number of hydrogen-bond acceptors (Lipinski definition) is 16. The maximum Gasteiger partial charge on any atom is 0.573 e. The minimum absolute atomic E-state index is 0.0657. The number of halogens is 10. The third-order valence-electron chi connectivity index (χ3n) is 6.23. The lowest BCUT2D eigenvalue weighted by Crippen LogP contribution is -2.17. The predicted molar refractivity (Wildman–Crippen MR) is 194 cm³/mol. The van der Waals surface area contributed by atoms with Crippen molar-refractivity contribution in [2.75, 3.05) is 30.6 Å². The van der Waals surface area contributed by atoms with Gasteiger partial charge in [0, 0.05) is 18.2 Å². The maximum atomic E-state index is 12.2. The Morgan fingerprint density at radius 2 is 0.966 bits per heavy atom. The van der Waals surface area contributed by atoms with Crippen LogP contribution in [-0.4, -0.2) is 63.5 Å². The first-order valence-corrected chi connectivity index (χ1v) is 16.2. The number of nitrogens with two attached hydrogens (primary N) is 1. The van der Waals surface area contributed by atoms with Gasteiger partial charge in [0.25, 0.3) is 11.4 Å². The normalized spacial score (nSPS) is 11.1. The first-order valence-electron chi connectivity index (χ1n) is 15.1. The number of nitro groups is 2. The Morgan fingerprint density at radius 1 is 0.576 bits per heavy atom. The van der Waals surface area contributed by atoms with Crippen LogP contribution in [0.4, 0.5) is 79.6 Å². The van der Waals surface area contributed by atoms with E-state index in [-0.39, 0.29) is 26.6 Å². The van der Waals surface area contributed by atoms with E-state index < -0.39 is 57.6 Å². The van der Waals surface area contributed by atoms with Gasteiger partial charge in [-0.2, -0.15) is 0 Å². The van der Waals surface area contributed by atoms with E-state index in [1.165, 1.54) is 38.5 Å². The molecule has 0 radical (unpaired) electrons. The average molecular weight is 963 g/mol. The molecular formula is C31H23F9IN9O9. The second kappa shape index (κ2) is 20.0. The highest BCUT2D eigenvalue weighted by molar-refractivity contribution is 14.1. The largest absolute Gasteiger partial charge is 0.573 e. The van der Waals surface area contributed by atoms with Crippen molar-refractivity contribution in [3.8, 4) is 29.0 Å². The SMILES string of the molecule is COc1ccc(Nc2ccc(OC(F)(F)F)cc2N)nn1.COc1ccc(Nc2ccc(OC(F)(F)F)cc2[N+](=O)[O-])nn1.O=[N+]([O-])c1cc(OC(F)(F)F)ccc1I. The molecule has 0 bridgehead atoms. The van der Waals surface area contributed by atoms with E-state index in [4.69, 9.17) is 15.2 Å². The van der Waals surface area contributed by atoms with Crippen LogP contribution < -0.4 is 40.1 Å². The molecule has 0 unspecified atom stereocenters. The van der Waals surface area contributed by atoms with Crippen molar-refractivity contribution in [2.24, 2.45) is 0 Å². The van der Waals surface area contributed by atoms with Gasteiger partial charge < -0.3 is 40.1 Å². The van der Waals surface area contributed by atoms with Crippen LogP contribution in [0.1, 0.15) is 0 Å². The number of anilines is 5. The van der Waals surface area contributed by atoms with Gasteiger partial charge in [0.15, 0.2) is 11.6 Å². The molecule has 316 valence electrons. The lowest BCUT2D eigenvalue weighted by atomic mass is 10.2. The number of nitrogens with one attached hydrogen (secondary N) is 2. The summed E-state index contributed by atoms with van der Waals surface area (Å²) >= 11 is 1.65. The van der Waals surface area contributed by atoms with Gasteiger partial charge >= 0.3 is 19.1 Å². The van der Waals surface area contributed by atoms with E-state index >= 15 is 0 Å². The summed E-state index contributed by atoms with van der Waals surface area (Å²) in [5, 5.41) is 41.7. The van der Waals surface area contributed by atoms with Gasteiger partial charge in [-0.15, -0.1) is 59.9 Å². The zero-order valence-corrected chi connectivity index (χ0v) is 31.4. The summed E-state index contributed by atoms with van der Waals surface area (Å²) in [5.41, 5.74) is 5.03. The van der Waals surface area contributed by atoms with Crippen LogP contribution in [0.3, 0.4) is 0 Å². The summed E-state index contributed by atoms with van der Waals surface area (Å²) in [6, 6.07) is 15.2. The molecule has 0 saturated carbocycles. The van der Waals surface area contributed by atoms with Gasteiger partial charge in [-0.25, -0.2) is 0 Å². The van der Waals surface area contributed by atoms with E-state index in [1.54, 1.807) is 34.7 Å². The number of nitrogen functional groups attached to an aromatic ring is 1. The highest BCUT2D eigenvalue weighted by Crippen LogP contribution is 2.34. The summed E-state index contributed by atoms with van der Waals surface area (Å²) in [6.45, 7) is 0. The maximum absolute atomic E-state index is 12.2. The fourth-order valence-corrected chi connectivity index (χ4v) is 4.45. The molecular weight excluding hydrogens is 940 g/mol. The quantitative estimate of drug-likeness (QED) is 0.0369. The summed E-state index contributed by atoms with van der Waals surface area (Å²) < 4.78 is 129. The lowest BCUT2D eigenvalue weighted by molar-refractivity contribution is -0.386. The van der Waals surface area contributed by atoms with E-state index in [9.17, 15) is 59.7 Å². The molecule has 2 heterocycles. The number of aromatic nitrogens is 4. The minimum atomic E-state index is -4.94. The fourth-order valence-electron chi connectivity index (χ4n) is 3.91. The van der Waals surface area contributed by atoms with Gasteiger partial charge in [-0.1, -0.05) is 0 Å². The number of alkyl halides is 9. The van der Waals surface area contributed by atoms with Crippen molar-refractivity contribution in [1.29, 1.82) is 0 Å². The van der Waals surface area contributed by atoms with E-state index in [1.807, 2.05) is 0 Å². The molecule has 0 fully saturated rings. The van der Waals surface area contributed by atoms with Crippen LogP contribution in [-0.2, 0) is 0 Å². The van der Waals surface area contributed by atoms with Crippen molar-refractivity contribution < 1.29 is 73.0 Å². The molecule has 2 aromatic heterocycles. The Balaban J connectivity index is 0.000000242. The molecule has 0 aliphatic rings. The number of hydrogen-bond donors (Lipinski definition) is 3. The zero-order chi connectivity index (χ0) is 44.1. The lowest BCUT2D eigenvalue weighted by Gasteiger charge is -2.12. The summed E-state index contributed by atoms with van der Waals surface area (Å²) in [5.74, 6) is -0.608. The molecule has 0 atom stereocenters. The Hall–Kier alpha value is -6.88. The summed E-state index contributed by atoms with van der Waals surface area (Å²) in [4.78, 5) is 19.8. The van der Waals surface area contributed by atoms with Crippen LogP contribution in [0.5, 0.6) is 29.0 Å². The Kier molecular flexibility index (Phi) is 15.8. The average Bonchev–Trinajstić information content (AvgIpc) is 3.13. The number of rotatable bonds is 11. The number of benzene rings is 3. The van der Waals surface area contributed by atoms with Crippen molar-refractivity contribution in [1.82, 2.24) is 20.4 Å². The van der Waals surface area contributed by atoms with Crippen LogP contribution in [0.25, 0.3) is 0 Å². The van der Waals surface area contributed by atoms with Crippen molar-refractivity contribution >= 4 is 62.7 Å². The van der Waals surface area contributed by atoms with E-state index in [0.717, 1.165) is 36.4 Å². The van der Waals surface area contributed by atoms with E-state index in [2.05, 4.69) is 45.2 Å². The second-order valence-electron chi connectivity index (χ2n) is 10.4. The van der Waals surface area contributed by atoms with Gasteiger partial charge in [0.2, 0.25) is 11.8 Å². The summed E-state index contributed by atoms with van der Waals surface area (Å²) in [7, 11) is 2.84. The molecule has 0 saturated heterocycles. The zero-order valence-electron chi connectivity index (χ0n) is 29.2. The predicted octanol–water partition coefficient (Wildman–Crippen LogP) is 8.84. The Bertz CT molecular complexity index is 2200. The topological polar surface area (TPSA) is 234 Å². The summed E-state index contributed by atoms with van der Waals surface area (Å²) in [6.07, 6.45) is -14.5. The van der Waals surface area contributed by atoms with Crippen LogP contribution in [0.2, 0.25) is 0 Å². The second-order valence-corrected chi connectivity index (χ2v) is 11.5. The molecule has 28 heteroatoms. The molecule has 3 aromatic carbocycles. The minimum Gasteiger partial charge on any atom is -0.480 e. The Morgan fingerprint density at radius 3 is 1.34 bits per heavy atom. The molecule has 59 heavy (non-hydrogen) atoms. The highest BCUT2D eigenvalue weighted by atomic mass is 127. The molecule has 0 aliphatic heterocycles. The van der Waals surface area contributed by atoms with Crippen LogP contribution in [0.15, 0.2) is 78.9 Å². The monoisotopic (exact) mass is 963 g/mol. The third kappa shape index (κ3) is 16.3. The van der Waals surface area contributed by atoms with Crippen LogP contribution in [0, 0.1) is 23.8 Å². The third-order valence-corrected chi connectivity index (χ3v) is 7.14. The van der Waals surface area contributed by atoms with Crippen molar-refractivity contribution in [2.45, 2.75) is 19.1 Å². The molecule has 0 aliphatic carbocycles. The van der Waals surface area contributed by atoms with Crippen LogP contribution >= 0.6 is 22.6 Å². The molecule has 0 spiro atoms. The first-order chi connectivity index (χ1) is 27.4. The van der Waals surface area contributed by atoms with Gasteiger partial charge in [-0.3, -0.25) is 20.2 Å². The number of methoxy groups -OCH3 is 2. The van der Waals surface area contributed by atoms with Gasteiger partial charge in [-0.05, 0) is 71.1 Å². The van der Waals surface area contributed by atoms with Crippen molar-refractivity contribution in [3.63, 3.8) is 0 Å². The molecule has 5 rings (SSSR count). The fraction of sp³-hybridized carbons (Fsp3) is 0.161. The Labute approximate surface area is 336 Å². The number of ether oxygens (including phenoxy) is 5. The molecule has 0 amide bonds. The van der Waals surface area contributed by atoms with Crippen molar-refractivity contribution in [3.05, 3.63) is 103 Å².